The predicted octanol–water partition coefficient (Wildman–Crippen LogP) is 3.44. The van der Waals surface area contributed by atoms with Crippen LogP contribution in [0.5, 0.6) is 5.75 Å². The van der Waals surface area contributed by atoms with Gasteiger partial charge in [-0.25, -0.2) is 9.37 Å². The Balaban J connectivity index is 2.07. The van der Waals surface area contributed by atoms with E-state index in [2.05, 4.69) is 16.2 Å². The van der Waals surface area contributed by atoms with Crippen LogP contribution in [0.4, 0.5) is 10.2 Å². The third kappa shape index (κ3) is 3.51. The monoisotopic (exact) mass is 434 g/mol. The van der Waals surface area contributed by atoms with Gasteiger partial charge in [-0.15, -0.1) is 0 Å². The molecule has 9 heteroatoms. The molecule has 156 valence electrons. The number of thiocarbonyl (C=S) groups is 1. The molecular formula is C22H19FN6OS. The smallest absolute Gasteiger partial charge is 0.170 e. The van der Waals surface area contributed by atoms with Gasteiger partial charge in [-0.2, -0.15) is 10.4 Å². The number of ether oxygens (including phenoxy) is 1. The summed E-state index contributed by atoms with van der Waals surface area (Å²) >= 11 is 5.26. The van der Waals surface area contributed by atoms with Crippen molar-refractivity contribution in [1.82, 2.24) is 14.8 Å². The molecule has 7 nitrogen and oxygen atoms in total. The number of rotatable bonds is 1. The molecule has 1 aromatic carbocycles. The first kappa shape index (κ1) is 20.5. The third-order valence-electron chi connectivity index (χ3n) is 5.33. The summed E-state index contributed by atoms with van der Waals surface area (Å²) in [5, 5.41) is 15.5. The number of nitrogens with zero attached hydrogens (tertiary/aromatic N) is 4. The van der Waals surface area contributed by atoms with E-state index in [1.807, 2.05) is 0 Å². The van der Waals surface area contributed by atoms with Crippen molar-refractivity contribution in [3.05, 3.63) is 64.4 Å². The van der Waals surface area contributed by atoms with Crippen molar-refractivity contribution in [2.45, 2.75) is 19.4 Å². The molecule has 0 spiro atoms. The fourth-order valence-corrected chi connectivity index (χ4v) is 3.96. The van der Waals surface area contributed by atoms with Crippen LogP contribution in [0.2, 0.25) is 0 Å². The summed E-state index contributed by atoms with van der Waals surface area (Å²) in [5.41, 5.74) is 17.0. The zero-order chi connectivity index (χ0) is 22.3. The fourth-order valence-electron chi connectivity index (χ4n) is 3.75. The highest BCUT2D eigenvalue weighted by Crippen LogP contribution is 2.37. The van der Waals surface area contributed by atoms with Crippen LogP contribution in [0, 0.1) is 17.1 Å². The Labute approximate surface area is 183 Å². The van der Waals surface area contributed by atoms with E-state index in [0.717, 1.165) is 5.69 Å². The lowest BCUT2D eigenvalue weighted by molar-refractivity contribution is 0.227. The maximum absolute atomic E-state index is 14.1. The van der Waals surface area contributed by atoms with Crippen molar-refractivity contribution < 1.29 is 9.13 Å². The molecule has 0 aliphatic carbocycles. The normalized spacial score (nSPS) is 15.6. The van der Waals surface area contributed by atoms with Gasteiger partial charge in [0.1, 0.15) is 18.0 Å². The van der Waals surface area contributed by atoms with Gasteiger partial charge in [0.05, 0.1) is 5.69 Å². The molecule has 3 heterocycles. The van der Waals surface area contributed by atoms with Crippen LogP contribution in [0.1, 0.15) is 35.5 Å². The number of benzene rings is 1. The van der Waals surface area contributed by atoms with Gasteiger partial charge in [0, 0.05) is 53.0 Å². The third-order valence-corrected chi connectivity index (χ3v) is 5.62. The van der Waals surface area contributed by atoms with E-state index in [-0.39, 0.29) is 11.5 Å². The number of pyridine rings is 1. The van der Waals surface area contributed by atoms with Crippen LogP contribution in [0.15, 0.2) is 36.0 Å². The summed E-state index contributed by atoms with van der Waals surface area (Å²) < 4.78 is 21.8. The van der Waals surface area contributed by atoms with Crippen molar-refractivity contribution >= 4 is 29.1 Å². The van der Waals surface area contributed by atoms with E-state index < -0.39 is 11.9 Å². The molecule has 2 aromatic heterocycles. The number of aryl methyl sites for hydroxylation is 1. The van der Waals surface area contributed by atoms with Crippen molar-refractivity contribution in [1.29, 1.82) is 5.26 Å². The number of hydrogen-bond acceptors (Lipinski definition) is 7. The summed E-state index contributed by atoms with van der Waals surface area (Å²) in [7, 11) is 1.75. The molecule has 0 radical (unpaired) electrons. The highest BCUT2D eigenvalue weighted by atomic mass is 32.1. The number of anilines is 1. The highest BCUT2D eigenvalue weighted by Gasteiger charge is 2.24. The zero-order valence-corrected chi connectivity index (χ0v) is 17.7. The molecule has 4 rings (SSSR count). The molecule has 0 amide bonds. The Morgan fingerprint density at radius 2 is 2.13 bits per heavy atom. The van der Waals surface area contributed by atoms with E-state index in [9.17, 15) is 9.65 Å². The summed E-state index contributed by atoms with van der Waals surface area (Å²) in [6.45, 7) is 1.77. The first-order valence-electron chi connectivity index (χ1n) is 9.46. The van der Waals surface area contributed by atoms with Crippen LogP contribution in [-0.4, -0.2) is 20.1 Å². The van der Waals surface area contributed by atoms with Gasteiger partial charge < -0.3 is 16.2 Å². The Bertz CT molecular complexity index is 1290. The molecule has 1 unspecified atom stereocenters. The molecule has 31 heavy (non-hydrogen) atoms. The lowest BCUT2D eigenvalue weighted by atomic mass is 9.94. The Hall–Kier alpha value is -3.77. The minimum absolute atomic E-state index is 0.178. The number of nitriles is 1. The zero-order valence-electron chi connectivity index (χ0n) is 16.9. The van der Waals surface area contributed by atoms with E-state index in [1.165, 1.54) is 17.5 Å². The first-order valence-corrected chi connectivity index (χ1v) is 9.93. The lowest BCUT2D eigenvalue weighted by Gasteiger charge is -2.22. The van der Waals surface area contributed by atoms with Crippen molar-refractivity contribution in [2.75, 3.05) is 5.73 Å². The second-order valence-electron chi connectivity index (χ2n) is 7.24. The molecule has 1 aliphatic rings. The van der Waals surface area contributed by atoms with E-state index in [0.29, 0.717) is 45.7 Å². The van der Waals surface area contributed by atoms with Crippen molar-refractivity contribution in [2.24, 2.45) is 12.8 Å². The van der Waals surface area contributed by atoms with Gasteiger partial charge >= 0.3 is 0 Å². The Kier molecular flexibility index (Phi) is 5.17. The van der Waals surface area contributed by atoms with E-state index in [4.69, 9.17) is 28.4 Å². The Morgan fingerprint density at radius 1 is 1.35 bits per heavy atom. The van der Waals surface area contributed by atoms with E-state index in [1.54, 1.807) is 37.0 Å². The van der Waals surface area contributed by atoms with Crippen LogP contribution >= 0.6 is 12.2 Å². The molecular weight excluding hydrogens is 415 g/mol. The first-order chi connectivity index (χ1) is 14.8. The quantitative estimate of drug-likeness (QED) is 0.564. The molecule has 3 aromatic rings. The topological polar surface area (TPSA) is 116 Å². The fraction of sp³-hybridized carbons (Fsp3) is 0.182. The summed E-state index contributed by atoms with van der Waals surface area (Å²) in [5.74, 6) is 0.0835. The molecule has 1 aliphatic heterocycles. The van der Waals surface area contributed by atoms with Crippen molar-refractivity contribution in [3.63, 3.8) is 0 Å². The van der Waals surface area contributed by atoms with Gasteiger partial charge in [-0.05, 0) is 36.8 Å². The standard InChI is InChI=1S/C22H19FN6OS/c1-11-16-7-14(23)3-4-15(16)21(25)13(10-31)5-18-20(17(8-24)28-29(18)2)12-6-19(30-11)22(26)27-9-12/h3-4,6-7,9-11H,5,25H2,1-2H3,(H2,26,27). The lowest BCUT2D eigenvalue weighted by Crippen LogP contribution is -2.14. The second kappa shape index (κ2) is 7.81. The van der Waals surface area contributed by atoms with Crippen LogP contribution in [-0.2, 0) is 13.5 Å². The molecule has 0 saturated heterocycles. The average Bonchev–Trinajstić information content (AvgIpc) is 3.07. The summed E-state index contributed by atoms with van der Waals surface area (Å²) in [6, 6.07) is 8.17. The molecule has 2 bridgehead atoms. The SMILES string of the molecule is CC1Oc2cc(cnc2N)-c2c(C#N)nn(C)c2CC(C=S)=C(N)c2ccc(F)cc21. The number of hydrogen-bond donors (Lipinski definition) is 2. The molecule has 1 atom stereocenters. The number of nitrogens with two attached hydrogens (primary N) is 2. The predicted molar refractivity (Wildman–Crippen MR) is 119 cm³/mol. The largest absolute Gasteiger partial charge is 0.482 e. The number of halogens is 1. The maximum Gasteiger partial charge on any atom is 0.170 e. The van der Waals surface area contributed by atoms with Gasteiger partial charge in [0.2, 0.25) is 0 Å². The average molecular weight is 435 g/mol. The summed E-state index contributed by atoms with van der Waals surface area (Å²) in [4.78, 5) is 4.24. The van der Waals surface area contributed by atoms with Crippen molar-refractivity contribution in [3.8, 4) is 22.9 Å². The van der Waals surface area contributed by atoms with Gasteiger partial charge in [0.15, 0.2) is 17.3 Å². The number of nitrogen functional groups attached to an aromatic ring is 1. The molecule has 4 N–H and O–H groups in total. The van der Waals surface area contributed by atoms with Crippen LogP contribution in [0.25, 0.3) is 16.8 Å². The summed E-state index contributed by atoms with van der Waals surface area (Å²) in [6.07, 6.45) is 1.30. The minimum Gasteiger partial charge on any atom is -0.482 e. The van der Waals surface area contributed by atoms with Crippen LogP contribution in [0.3, 0.4) is 0 Å². The minimum atomic E-state index is -0.585. The highest BCUT2D eigenvalue weighted by molar-refractivity contribution is 7.79. The molecule has 0 fully saturated rings. The number of allylic oxidation sites excluding steroid dienone is 1. The maximum atomic E-state index is 14.1. The Morgan fingerprint density at radius 3 is 2.84 bits per heavy atom. The van der Waals surface area contributed by atoms with Gasteiger partial charge in [-0.1, -0.05) is 12.2 Å². The number of fused-ring (bicyclic) bond motifs is 5. The second-order valence-corrected chi connectivity index (χ2v) is 7.47. The number of aromatic nitrogens is 3. The van der Waals surface area contributed by atoms with Gasteiger partial charge in [-0.3, -0.25) is 4.68 Å². The van der Waals surface area contributed by atoms with E-state index >= 15 is 0 Å². The van der Waals surface area contributed by atoms with Crippen LogP contribution < -0.4 is 16.2 Å². The molecule has 0 saturated carbocycles. The van der Waals surface area contributed by atoms with Gasteiger partial charge in [0.25, 0.3) is 0 Å².